The minimum absolute atomic E-state index is 0. The summed E-state index contributed by atoms with van der Waals surface area (Å²) in [6.45, 7) is 6.75. The van der Waals surface area contributed by atoms with Gasteiger partial charge < -0.3 is 41.7 Å². The zero-order chi connectivity index (χ0) is 47.1. The van der Waals surface area contributed by atoms with Crippen LogP contribution in [0.3, 0.4) is 0 Å². The molecule has 2 aromatic carbocycles. The molecule has 4 amide bonds. The molecule has 2 saturated carbocycles. The van der Waals surface area contributed by atoms with Crippen molar-refractivity contribution in [3.05, 3.63) is 60.7 Å². The molecule has 0 bridgehead atoms. The molecule has 2 aliphatic carbocycles. The SMILES string of the molecule is CC(C)(C)OC(=O)NC(C(=O)O)C1CCCCC1.Cl.Cl.N[C@H](C(=O)N1CCC[C@H]1C(=O)Nc1snnc1-c1ccccc1)C1CCCCC1.O=C(Nc1snnc1-c1ccccc1)[C@@H]1CCCN1. The first-order valence-corrected chi connectivity index (χ1v) is 24.7. The molecule has 8 rings (SSSR count). The topological polar surface area (TPSA) is 244 Å². The highest BCUT2D eigenvalue weighted by atomic mass is 35.5. The number of halogens is 2. The lowest BCUT2D eigenvalue weighted by molar-refractivity contribution is -0.141. The minimum atomic E-state index is -0.979. The summed E-state index contributed by atoms with van der Waals surface area (Å²) in [4.78, 5) is 62.7. The van der Waals surface area contributed by atoms with E-state index in [0.717, 1.165) is 112 Å². The van der Waals surface area contributed by atoms with Crippen LogP contribution in [0.2, 0.25) is 0 Å². The summed E-state index contributed by atoms with van der Waals surface area (Å²) in [7, 11) is 0. The lowest BCUT2D eigenvalue weighted by Crippen LogP contribution is -2.52. The summed E-state index contributed by atoms with van der Waals surface area (Å²) in [6, 6.07) is 17.5. The Morgan fingerprint density at radius 1 is 0.721 bits per heavy atom. The average Bonchev–Trinajstić information content (AvgIpc) is 4.18. The molecule has 4 aliphatic rings. The molecule has 4 atom stereocenters. The van der Waals surface area contributed by atoms with Crippen LogP contribution in [0, 0.1) is 11.8 Å². The van der Waals surface area contributed by atoms with Gasteiger partial charge in [0, 0.05) is 40.7 Å². The first-order chi connectivity index (χ1) is 31.8. The largest absolute Gasteiger partial charge is 0.480 e. The van der Waals surface area contributed by atoms with Crippen molar-refractivity contribution in [1.29, 1.82) is 0 Å². The number of hydrogen-bond acceptors (Lipinski definition) is 14. The quantitative estimate of drug-likeness (QED) is 0.0829. The molecule has 0 radical (unpaired) electrons. The second-order valence-electron chi connectivity index (χ2n) is 18.2. The normalized spacial score (nSPS) is 19.2. The van der Waals surface area contributed by atoms with E-state index in [4.69, 9.17) is 10.5 Å². The van der Waals surface area contributed by atoms with Gasteiger partial charge in [-0.1, -0.05) is 108 Å². The fraction of sp³-hybridized carbons (Fsp3) is 0.553. The molecule has 372 valence electrons. The molecule has 68 heavy (non-hydrogen) atoms. The Labute approximate surface area is 419 Å². The van der Waals surface area contributed by atoms with E-state index in [1.165, 1.54) is 18.0 Å². The molecule has 4 heterocycles. The van der Waals surface area contributed by atoms with Crippen molar-refractivity contribution in [3.8, 4) is 22.5 Å². The third kappa shape index (κ3) is 16.2. The number of nitrogens with two attached hydrogens (primary N) is 1. The Kier molecular flexibility index (Phi) is 22.5. The van der Waals surface area contributed by atoms with Crippen molar-refractivity contribution in [2.45, 2.75) is 140 Å². The number of carboxylic acid groups (broad SMARTS) is 1. The van der Waals surface area contributed by atoms with Crippen LogP contribution in [0.25, 0.3) is 22.5 Å². The van der Waals surface area contributed by atoms with Crippen molar-refractivity contribution < 1.29 is 33.8 Å². The summed E-state index contributed by atoms with van der Waals surface area (Å²) in [6.07, 6.45) is 13.2. The smallest absolute Gasteiger partial charge is 0.408 e. The van der Waals surface area contributed by atoms with E-state index in [0.29, 0.717) is 28.7 Å². The number of anilines is 2. The number of carbonyl (C=O) groups excluding carboxylic acids is 4. The number of benzene rings is 2. The van der Waals surface area contributed by atoms with Crippen molar-refractivity contribution in [2.75, 3.05) is 23.7 Å². The minimum Gasteiger partial charge on any atom is -0.480 e. The molecule has 21 heteroatoms. The standard InChI is InChI=1S/C21H27N5O2S.C13H14N4OS.C13H23NO4.2ClH/c22-17(14-8-3-1-4-9-14)21(28)26-13-7-12-16(26)19(27)23-20-18(24-25-29-20)15-10-5-2-6-11-15;18-12(10-7-4-8-14-10)15-13-11(16-17-19-13)9-5-2-1-3-6-9;1-13(2,3)18-12(17)14-10(11(15)16)9-7-5-4-6-8-9;;/h2,5-6,10-11,14,16-17H,1,3-4,7-9,12-13,22H2,(H,23,27);1-3,5-6,10,14H,4,7-8H2,(H,15,18);9-10H,4-8H2,1-3H3,(H,14,17)(H,15,16);2*1H/t16-,17-;10-;;;/m00.../s1. The molecule has 2 aromatic heterocycles. The maximum absolute atomic E-state index is 13.0. The second-order valence-corrected chi connectivity index (χ2v) is 19.7. The number of nitrogens with zero attached hydrogens (tertiary/aromatic N) is 5. The van der Waals surface area contributed by atoms with E-state index in [9.17, 15) is 29.1 Å². The number of aromatic nitrogens is 4. The van der Waals surface area contributed by atoms with E-state index in [2.05, 4.69) is 40.4 Å². The molecule has 4 aromatic rings. The van der Waals surface area contributed by atoms with Crippen molar-refractivity contribution in [2.24, 2.45) is 17.6 Å². The summed E-state index contributed by atoms with van der Waals surface area (Å²) in [5.74, 6) is -0.997. The molecule has 1 unspecified atom stereocenters. The summed E-state index contributed by atoms with van der Waals surface area (Å²) < 4.78 is 13.0. The second kappa shape index (κ2) is 27.4. The number of alkyl carbamates (subject to hydrolysis) is 1. The Morgan fingerprint density at radius 2 is 1.24 bits per heavy atom. The fourth-order valence-corrected chi connectivity index (χ4v) is 10.1. The highest BCUT2D eigenvalue weighted by Gasteiger charge is 2.39. The van der Waals surface area contributed by atoms with Crippen LogP contribution >= 0.6 is 47.9 Å². The van der Waals surface area contributed by atoms with Gasteiger partial charge in [-0.25, -0.2) is 9.59 Å². The summed E-state index contributed by atoms with van der Waals surface area (Å²) in [5, 5.41) is 30.3. The predicted octanol–water partition coefficient (Wildman–Crippen LogP) is 8.33. The van der Waals surface area contributed by atoms with E-state index in [1.54, 1.807) is 25.7 Å². The Hall–Kier alpha value is -4.79. The number of carbonyl (C=O) groups is 5. The lowest BCUT2D eigenvalue weighted by atomic mass is 9.83. The monoisotopic (exact) mass is 1020 g/mol. The number of carboxylic acids is 1. The first kappa shape index (κ1) is 55.8. The zero-order valence-corrected chi connectivity index (χ0v) is 42.2. The third-order valence-corrected chi connectivity index (χ3v) is 13.5. The van der Waals surface area contributed by atoms with E-state index < -0.39 is 35.8 Å². The Bertz CT molecular complexity index is 2200. The average molecular weight is 1020 g/mol. The number of amides is 4. The van der Waals surface area contributed by atoms with Gasteiger partial charge in [-0.15, -0.1) is 35.0 Å². The first-order valence-electron chi connectivity index (χ1n) is 23.2. The molecule has 17 nitrogen and oxygen atoms in total. The molecule has 2 saturated heterocycles. The van der Waals surface area contributed by atoms with Crippen molar-refractivity contribution >= 4 is 87.7 Å². The van der Waals surface area contributed by atoms with Crippen LogP contribution in [0.15, 0.2) is 60.7 Å². The Morgan fingerprint density at radius 3 is 1.72 bits per heavy atom. The van der Waals surface area contributed by atoms with Gasteiger partial charge in [-0.3, -0.25) is 14.4 Å². The maximum Gasteiger partial charge on any atom is 0.408 e. The van der Waals surface area contributed by atoms with Crippen molar-refractivity contribution in [3.63, 3.8) is 0 Å². The summed E-state index contributed by atoms with van der Waals surface area (Å²) >= 11 is 2.36. The van der Waals surface area contributed by atoms with Crippen LogP contribution in [0.1, 0.15) is 111 Å². The zero-order valence-electron chi connectivity index (χ0n) is 38.9. The molecule has 0 spiro atoms. The van der Waals surface area contributed by atoms with E-state index in [-0.39, 0.29) is 60.4 Å². The van der Waals surface area contributed by atoms with Gasteiger partial charge in [0.2, 0.25) is 17.7 Å². The van der Waals surface area contributed by atoms with Gasteiger partial charge in [0.1, 0.15) is 39.1 Å². The van der Waals surface area contributed by atoms with E-state index in [1.807, 2.05) is 60.7 Å². The number of nitrogens with one attached hydrogen (secondary N) is 4. The van der Waals surface area contributed by atoms with Gasteiger partial charge in [-0.05, 0) is 90.5 Å². The van der Waals surface area contributed by atoms with Gasteiger partial charge in [-0.2, -0.15) is 0 Å². The van der Waals surface area contributed by atoms with Crippen LogP contribution in [0.5, 0.6) is 0 Å². The van der Waals surface area contributed by atoms with Gasteiger partial charge in [0.05, 0.1) is 12.1 Å². The highest BCUT2D eigenvalue weighted by molar-refractivity contribution is 7.11. The van der Waals surface area contributed by atoms with E-state index >= 15 is 0 Å². The maximum atomic E-state index is 13.0. The predicted molar refractivity (Wildman–Crippen MR) is 270 cm³/mol. The van der Waals surface area contributed by atoms with Crippen LogP contribution < -0.4 is 27.0 Å². The fourth-order valence-electron chi connectivity index (χ4n) is 8.89. The third-order valence-electron chi connectivity index (χ3n) is 12.3. The number of ether oxygens (including phenoxy) is 1. The van der Waals surface area contributed by atoms with Gasteiger partial charge in [0.25, 0.3) is 0 Å². The van der Waals surface area contributed by atoms with Gasteiger partial charge in [0.15, 0.2) is 0 Å². The van der Waals surface area contributed by atoms with Crippen LogP contribution in [-0.2, 0) is 23.9 Å². The molecular weight excluding hydrogens is 952 g/mol. The molecule has 2 aliphatic heterocycles. The molecular formula is C47H66Cl2N10O7S2. The lowest BCUT2D eigenvalue weighted by Gasteiger charge is -2.32. The number of likely N-dealkylation sites (tertiary alicyclic amines) is 1. The molecule has 4 fully saturated rings. The molecule has 7 N–H and O–H groups in total. The number of aliphatic carboxylic acids is 1. The Balaban J connectivity index is 0.000000228. The van der Waals surface area contributed by atoms with Crippen molar-refractivity contribution in [1.82, 2.24) is 34.7 Å². The van der Waals surface area contributed by atoms with Crippen LogP contribution in [-0.4, -0.2) is 102 Å². The highest BCUT2D eigenvalue weighted by Crippen LogP contribution is 2.32. The number of rotatable bonds is 11. The summed E-state index contributed by atoms with van der Waals surface area (Å²) in [5.41, 5.74) is 8.97. The van der Waals surface area contributed by atoms with Crippen LogP contribution in [0.4, 0.5) is 14.8 Å². The number of hydrogen-bond donors (Lipinski definition) is 6. The van der Waals surface area contributed by atoms with Gasteiger partial charge >= 0.3 is 12.1 Å².